The highest BCUT2D eigenvalue weighted by molar-refractivity contribution is 5.91. The molecule has 0 aliphatic carbocycles. The summed E-state index contributed by atoms with van der Waals surface area (Å²) in [5.74, 6) is -0.0568. The molecule has 0 atom stereocenters. The van der Waals surface area contributed by atoms with Crippen molar-refractivity contribution >= 4 is 11.6 Å². The Morgan fingerprint density at radius 3 is 2.55 bits per heavy atom. The number of aromatic nitrogens is 2. The maximum atomic E-state index is 12.9. The summed E-state index contributed by atoms with van der Waals surface area (Å²) >= 11 is 0. The number of carbonyl (C=O) groups is 1. The molecule has 3 rings (SSSR count). The van der Waals surface area contributed by atoms with Crippen LogP contribution < -0.4 is 5.32 Å². The van der Waals surface area contributed by atoms with Crippen molar-refractivity contribution in [2.75, 3.05) is 5.32 Å². The van der Waals surface area contributed by atoms with Gasteiger partial charge in [0.1, 0.15) is 5.82 Å². The van der Waals surface area contributed by atoms with E-state index in [1.807, 2.05) is 18.2 Å². The van der Waals surface area contributed by atoms with Crippen molar-refractivity contribution in [2.24, 2.45) is 0 Å². The molecule has 1 aromatic heterocycles. The van der Waals surface area contributed by atoms with E-state index in [1.54, 1.807) is 12.1 Å². The van der Waals surface area contributed by atoms with Crippen molar-refractivity contribution in [2.45, 2.75) is 6.42 Å². The van der Waals surface area contributed by atoms with Crippen LogP contribution in [0.3, 0.4) is 0 Å². The number of nitrogens with zero attached hydrogens (tertiary/aromatic N) is 2. The zero-order valence-corrected chi connectivity index (χ0v) is 11.5. The van der Waals surface area contributed by atoms with Gasteiger partial charge in [-0.1, -0.05) is 23.4 Å². The molecule has 2 aromatic carbocycles. The molecule has 0 unspecified atom stereocenters. The molecule has 0 aliphatic heterocycles. The van der Waals surface area contributed by atoms with Gasteiger partial charge in [-0.15, -0.1) is 0 Å². The average Bonchev–Trinajstić information content (AvgIpc) is 2.97. The molecule has 6 heteroatoms. The van der Waals surface area contributed by atoms with Crippen LogP contribution >= 0.6 is 0 Å². The predicted octanol–water partition coefficient (Wildman–Crippen LogP) is 3.06. The fraction of sp³-hybridized carbons (Fsp3) is 0.0625. The SMILES string of the molecule is O=C(Cc1noc(-c2ccc(F)cc2)n1)Nc1ccccc1. The van der Waals surface area contributed by atoms with Crippen LogP contribution in [0.5, 0.6) is 0 Å². The Morgan fingerprint density at radius 2 is 1.82 bits per heavy atom. The summed E-state index contributed by atoms with van der Waals surface area (Å²) in [7, 11) is 0. The Bertz CT molecular complexity index is 770. The number of hydrogen-bond donors (Lipinski definition) is 1. The van der Waals surface area contributed by atoms with E-state index < -0.39 is 0 Å². The number of anilines is 1. The third-order valence-electron chi connectivity index (χ3n) is 2.94. The monoisotopic (exact) mass is 297 g/mol. The van der Waals surface area contributed by atoms with Gasteiger partial charge in [-0.05, 0) is 36.4 Å². The fourth-order valence-corrected chi connectivity index (χ4v) is 1.91. The molecule has 110 valence electrons. The molecule has 1 amide bonds. The molecule has 0 saturated carbocycles. The van der Waals surface area contributed by atoms with Gasteiger partial charge in [0.2, 0.25) is 5.91 Å². The van der Waals surface area contributed by atoms with Crippen molar-refractivity contribution < 1.29 is 13.7 Å². The third-order valence-corrected chi connectivity index (χ3v) is 2.94. The topological polar surface area (TPSA) is 68.0 Å². The summed E-state index contributed by atoms with van der Waals surface area (Å²) in [6.45, 7) is 0. The first-order valence-corrected chi connectivity index (χ1v) is 6.64. The molecule has 0 bridgehead atoms. The standard InChI is InChI=1S/C16H12FN3O2/c17-12-8-6-11(7-9-12)16-19-14(20-22-16)10-15(21)18-13-4-2-1-3-5-13/h1-9H,10H2,(H,18,21). The Hall–Kier alpha value is -3.02. The van der Waals surface area contributed by atoms with Crippen molar-refractivity contribution in [3.8, 4) is 11.5 Å². The Balaban J connectivity index is 1.66. The lowest BCUT2D eigenvalue weighted by molar-refractivity contribution is -0.115. The average molecular weight is 297 g/mol. The summed E-state index contributed by atoms with van der Waals surface area (Å²) in [6, 6.07) is 14.8. The Kier molecular flexibility index (Phi) is 3.91. The largest absolute Gasteiger partial charge is 0.334 e. The number of hydrogen-bond acceptors (Lipinski definition) is 4. The van der Waals surface area contributed by atoms with E-state index in [2.05, 4.69) is 15.5 Å². The number of para-hydroxylation sites is 1. The molecule has 0 saturated heterocycles. The molecular formula is C16H12FN3O2. The zero-order chi connectivity index (χ0) is 15.4. The van der Waals surface area contributed by atoms with Crippen molar-refractivity contribution in [3.05, 3.63) is 66.2 Å². The molecule has 5 nitrogen and oxygen atoms in total. The van der Waals surface area contributed by atoms with Crippen molar-refractivity contribution in [3.63, 3.8) is 0 Å². The molecule has 0 radical (unpaired) electrons. The molecule has 0 aliphatic rings. The number of amides is 1. The van der Waals surface area contributed by atoms with Gasteiger partial charge < -0.3 is 9.84 Å². The van der Waals surface area contributed by atoms with Crippen LogP contribution in [0, 0.1) is 5.82 Å². The number of carbonyl (C=O) groups excluding carboxylic acids is 1. The van der Waals surface area contributed by atoms with E-state index in [4.69, 9.17) is 4.52 Å². The number of benzene rings is 2. The van der Waals surface area contributed by atoms with Crippen LogP contribution in [-0.2, 0) is 11.2 Å². The highest BCUT2D eigenvalue weighted by Crippen LogP contribution is 2.17. The lowest BCUT2D eigenvalue weighted by Gasteiger charge is -2.01. The Morgan fingerprint density at radius 1 is 1.09 bits per heavy atom. The van der Waals surface area contributed by atoms with Gasteiger partial charge in [0.15, 0.2) is 5.82 Å². The minimum Gasteiger partial charge on any atom is -0.334 e. The van der Waals surface area contributed by atoms with Crippen LogP contribution in [0.2, 0.25) is 0 Å². The molecular weight excluding hydrogens is 285 g/mol. The van der Waals surface area contributed by atoms with E-state index >= 15 is 0 Å². The zero-order valence-electron chi connectivity index (χ0n) is 11.5. The van der Waals surface area contributed by atoms with Gasteiger partial charge >= 0.3 is 0 Å². The van der Waals surface area contributed by atoms with Gasteiger partial charge in [0.05, 0.1) is 6.42 Å². The molecule has 1 heterocycles. The normalized spacial score (nSPS) is 10.4. The van der Waals surface area contributed by atoms with E-state index in [0.717, 1.165) is 0 Å². The maximum Gasteiger partial charge on any atom is 0.257 e. The van der Waals surface area contributed by atoms with Crippen molar-refractivity contribution in [1.29, 1.82) is 0 Å². The third kappa shape index (κ3) is 3.35. The van der Waals surface area contributed by atoms with Crippen LogP contribution in [0.15, 0.2) is 59.1 Å². The molecule has 0 spiro atoms. The second-order valence-corrected chi connectivity index (χ2v) is 4.61. The first kappa shape index (κ1) is 13.9. The molecule has 0 fully saturated rings. The van der Waals surface area contributed by atoms with Gasteiger partial charge in [0.25, 0.3) is 5.89 Å². The van der Waals surface area contributed by atoms with Crippen molar-refractivity contribution in [1.82, 2.24) is 10.1 Å². The quantitative estimate of drug-likeness (QED) is 0.803. The maximum absolute atomic E-state index is 12.9. The molecule has 3 aromatic rings. The van der Waals surface area contributed by atoms with Crippen LogP contribution in [0.1, 0.15) is 5.82 Å². The predicted molar refractivity (Wildman–Crippen MR) is 78.5 cm³/mol. The first-order chi connectivity index (χ1) is 10.7. The van der Waals surface area contributed by atoms with E-state index in [1.165, 1.54) is 24.3 Å². The number of halogens is 1. The summed E-state index contributed by atoms with van der Waals surface area (Å²) < 4.78 is 17.9. The number of rotatable bonds is 4. The molecule has 22 heavy (non-hydrogen) atoms. The van der Waals surface area contributed by atoms with Gasteiger partial charge in [0, 0.05) is 11.3 Å². The second kappa shape index (κ2) is 6.17. The molecule has 1 N–H and O–H groups in total. The van der Waals surface area contributed by atoms with E-state index in [-0.39, 0.29) is 29.9 Å². The van der Waals surface area contributed by atoms with E-state index in [9.17, 15) is 9.18 Å². The van der Waals surface area contributed by atoms with E-state index in [0.29, 0.717) is 11.3 Å². The smallest absolute Gasteiger partial charge is 0.257 e. The lowest BCUT2D eigenvalue weighted by Crippen LogP contribution is -2.15. The summed E-state index contributed by atoms with van der Waals surface area (Å²) in [4.78, 5) is 16.0. The highest BCUT2D eigenvalue weighted by Gasteiger charge is 2.12. The number of nitrogens with one attached hydrogen (secondary N) is 1. The lowest BCUT2D eigenvalue weighted by atomic mass is 10.2. The summed E-state index contributed by atoms with van der Waals surface area (Å²) in [5, 5.41) is 6.49. The fourth-order valence-electron chi connectivity index (χ4n) is 1.91. The van der Waals surface area contributed by atoms with Crippen LogP contribution in [-0.4, -0.2) is 16.0 Å². The van der Waals surface area contributed by atoms with Gasteiger partial charge in [-0.3, -0.25) is 4.79 Å². The summed E-state index contributed by atoms with van der Waals surface area (Å²) in [5.41, 5.74) is 1.30. The first-order valence-electron chi connectivity index (χ1n) is 6.64. The van der Waals surface area contributed by atoms with Gasteiger partial charge in [-0.25, -0.2) is 4.39 Å². The highest BCUT2D eigenvalue weighted by atomic mass is 19.1. The minimum atomic E-state index is -0.342. The Labute approximate surface area is 125 Å². The van der Waals surface area contributed by atoms with Crippen LogP contribution in [0.25, 0.3) is 11.5 Å². The minimum absolute atomic E-state index is 0.000408. The van der Waals surface area contributed by atoms with Crippen LogP contribution in [0.4, 0.5) is 10.1 Å². The second-order valence-electron chi connectivity index (χ2n) is 4.61. The van der Waals surface area contributed by atoms with Gasteiger partial charge in [-0.2, -0.15) is 4.98 Å². The summed E-state index contributed by atoms with van der Waals surface area (Å²) in [6.07, 6.45) is -0.000408.